The van der Waals surface area contributed by atoms with Gasteiger partial charge in [0.15, 0.2) is 0 Å². The van der Waals surface area contributed by atoms with Crippen LogP contribution in [0.3, 0.4) is 0 Å². The minimum Gasteiger partial charge on any atom is -0.493 e. The van der Waals surface area contributed by atoms with E-state index in [9.17, 15) is 0 Å². The first-order chi connectivity index (χ1) is 13.7. The highest BCUT2D eigenvalue weighted by atomic mass is 35.5. The number of nitrogens with zero attached hydrogens (tertiary/aromatic N) is 5. The van der Waals surface area contributed by atoms with E-state index in [1.165, 1.54) is 0 Å². The Morgan fingerprint density at radius 2 is 1.54 bits per heavy atom. The van der Waals surface area contributed by atoms with Gasteiger partial charge in [0.05, 0.1) is 47.9 Å². The summed E-state index contributed by atoms with van der Waals surface area (Å²) in [5, 5.41) is 21.1. The number of hydrogen-bond donors (Lipinski definition) is 0. The van der Waals surface area contributed by atoms with E-state index in [0.29, 0.717) is 36.5 Å². The summed E-state index contributed by atoms with van der Waals surface area (Å²) in [7, 11) is 0. The van der Waals surface area contributed by atoms with Crippen LogP contribution in [0.4, 0.5) is 0 Å². The Balaban J connectivity index is 0.000000162. The average molecular weight is 394 g/mol. The molecular weight excluding hydrogens is 378 g/mol. The van der Waals surface area contributed by atoms with Crippen molar-refractivity contribution in [2.75, 3.05) is 13.2 Å². The third-order valence-electron chi connectivity index (χ3n) is 4.45. The van der Waals surface area contributed by atoms with E-state index in [1.54, 1.807) is 30.3 Å². The van der Waals surface area contributed by atoms with Gasteiger partial charge in [0.1, 0.15) is 11.5 Å². The lowest BCUT2D eigenvalue weighted by Crippen LogP contribution is -2.12. The molecule has 0 saturated carbocycles. The maximum absolute atomic E-state index is 8.72. The van der Waals surface area contributed by atoms with Crippen LogP contribution in [0, 0.1) is 22.7 Å². The maximum Gasteiger partial charge on any atom is 0.125 e. The van der Waals surface area contributed by atoms with Crippen LogP contribution >= 0.6 is 11.6 Å². The largest absolute Gasteiger partial charge is 0.493 e. The zero-order chi connectivity index (χ0) is 19.9. The molecule has 0 aliphatic carbocycles. The van der Waals surface area contributed by atoms with E-state index in [2.05, 4.69) is 16.1 Å². The molecule has 0 radical (unpaired) electrons. The highest BCUT2D eigenvalue weighted by molar-refractivity contribution is 6.21. The monoisotopic (exact) mass is 393 g/mol. The molecular formula is C20H16ClN5O2. The number of benzene rings is 2. The summed E-state index contributed by atoms with van der Waals surface area (Å²) in [5.74, 6) is 1.41. The van der Waals surface area contributed by atoms with Gasteiger partial charge in [0.25, 0.3) is 0 Å². The molecule has 0 bridgehead atoms. The van der Waals surface area contributed by atoms with E-state index in [4.69, 9.17) is 37.1 Å². The van der Waals surface area contributed by atoms with Crippen molar-refractivity contribution in [3.05, 3.63) is 69.1 Å². The van der Waals surface area contributed by atoms with Crippen molar-refractivity contribution in [2.24, 2.45) is 5.11 Å². The first-order valence-corrected chi connectivity index (χ1v) is 9.12. The number of halogens is 1. The Hall–Kier alpha value is -3.38. The normalized spacial score (nSPS) is 18.8. The maximum atomic E-state index is 8.72. The topological polar surface area (TPSA) is 115 Å². The lowest BCUT2D eigenvalue weighted by Gasteiger charge is -2.22. The second-order valence-electron chi connectivity index (χ2n) is 6.19. The molecule has 0 fully saturated rings. The second kappa shape index (κ2) is 9.01. The Labute approximate surface area is 167 Å². The number of azide groups is 1. The van der Waals surface area contributed by atoms with Crippen LogP contribution in [-0.2, 0) is 0 Å². The minimum absolute atomic E-state index is 0.0245. The van der Waals surface area contributed by atoms with E-state index in [0.717, 1.165) is 23.3 Å². The zero-order valence-electron chi connectivity index (χ0n) is 14.9. The molecule has 2 aromatic carbocycles. The standard InChI is InChI=1S/C10H8ClNO.C10H8N4O/c11-9-3-4-13-10-5-7(6-12)1-2-8(9)10;11-6-7-1-2-8-9(13-14-12)3-4-15-10(8)5-7/h1-2,5,9H,3-4H2;1-2,5,9H,3-4H2. The first kappa shape index (κ1) is 19.4. The summed E-state index contributed by atoms with van der Waals surface area (Å²) in [5.41, 5.74) is 11.4. The molecule has 2 atom stereocenters. The Bertz CT molecular complexity index is 1000. The van der Waals surface area contributed by atoms with Crippen molar-refractivity contribution < 1.29 is 9.47 Å². The molecule has 0 aromatic heterocycles. The molecule has 0 spiro atoms. The Kier molecular flexibility index (Phi) is 6.24. The number of ether oxygens (including phenoxy) is 2. The van der Waals surface area contributed by atoms with Crippen LogP contribution in [0.15, 0.2) is 41.5 Å². The molecule has 2 aliphatic heterocycles. The van der Waals surface area contributed by atoms with Crippen molar-refractivity contribution in [2.45, 2.75) is 24.3 Å². The molecule has 140 valence electrons. The minimum atomic E-state index is -0.175. The smallest absolute Gasteiger partial charge is 0.125 e. The summed E-state index contributed by atoms with van der Waals surface area (Å²) in [6.45, 7) is 1.15. The highest BCUT2D eigenvalue weighted by Crippen LogP contribution is 2.36. The fourth-order valence-electron chi connectivity index (χ4n) is 3.04. The molecule has 28 heavy (non-hydrogen) atoms. The molecule has 0 saturated heterocycles. The van der Waals surface area contributed by atoms with Gasteiger partial charge in [-0.3, -0.25) is 0 Å². The molecule has 7 nitrogen and oxygen atoms in total. The van der Waals surface area contributed by atoms with Gasteiger partial charge in [-0.1, -0.05) is 17.2 Å². The van der Waals surface area contributed by atoms with E-state index < -0.39 is 0 Å². The molecule has 2 unspecified atom stereocenters. The molecule has 2 heterocycles. The van der Waals surface area contributed by atoms with Gasteiger partial charge >= 0.3 is 0 Å². The fraction of sp³-hybridized carbons (Fsp3) is 0.300. The first-order valence-electron chi connectivity index (χ1n) is 8.68. The van der Waals surface area contributed by atoms with Crippen molar-refractivity contribution in [1.29, 1.82) is 10.5 Å². The quantitative estimate of drug-likeness (QED) is 0.282. The predicted octanol–water partition coefficient (Wildman–Crippen LogP) is 5.31. The average Bonchev–Trinajstić information content (AvgIpc) is 2.74. The van der Waals surface area contributed by atoms with Crippen molar-refractivity contribution in [1.82, 2.24) is 0 Å². The number of rotatable bonds is 1. The Morgan fingerprint density at radius 3 is 2.14 bits per heavy atom. The van der Waals surface area contributed by atoms with Crippen molar-refractivity contribution in [3.63, 3.8) is 0 Å². The lowest BCUT2D eigenvalue weighted by atomic mass is 10.00. The lowest BCUT2D eigenvalue weighted by molar-refractivity contribution is 0.269. The van der Waals surface area contributed by atoms with E-state index >= 15 is 0 Å². The van der Waals surface area contributed by atoms with Crippen molar-refractivity contribution >= 4 is 11.6 Å². The predicted molar refractivity (Wildman–Crippen MR) is 103 cm³/mol. The van der Waals surface area contributed by atoms with Gasteiger partial charge < -0.3 is 9.47 Å². The van der Waals surface area contributed by atoms with Crippen LogP contribution in [0.2, 0.25) is 0 Å². The number of fused-ring (bicyclic) bond motifs is 2. The van der Waals surface area contributed by atoms with Crippen LogP contribution in [0.1, 0.15) is 46.5 Å². The summed E-state index contributed by atoms with van der Waals surface area (Å²) in [4.78, 5) is 2.81. The third-order valence-corrected chi connectivity index (χ3v) is 4.90. The number of alkyl halides is 1. The van der Waals surface area contributed by atoms with Gasteiger partial charge in [-0.05, 0) is 36.2 Å². The van der Waals surface area contributed by atoms with Gasteiger partial charge in [0, 0.05) is 22.5 Å². The van der Waals surface area contributed by atoms with Crippen LogP contribution in [0.5, 0.6) is 11.5 Å². The molecule has 8 heteroatoms. The second-order valence-corrected chi connectivity index (χ2v) is 6.72. The van der Waals surface area contributed by atoms with Gasteiger partial charge in [-0.2, -0.15) is 10.5 Å². The number of hydrogen-bond acceptors (Lipinski definition) is 5. The third kappa shape index (κ3) is 4.29. The summed E-state index contributed by atoms with van der Waals surface area (Å²) >= 11 is 6.08. The van der Waals surface area contributed by atoms with E-state index in [1.807, 2.05) is 12.1 Å². The highest BCUT2D eigenvalue weighted by Gasteiger charge is 2.20. The summed E-state index contributed by atoms with van der Waals surface area (Å²) in [6.07, 6.45) is 1.52. The van der Waals surface area contributed by atoms with Crippen LogP contribution in [0.25, 0.3) is 10.4 Å². The van der Waals surface area contributed by atoms with Gasteiger partial charge in [0.2, 0.25) is 0 Å². The molecule has 2 aromatic rings. The zero-order valence-corrected chi connectivity index (χ0v) is 15.6. The van der Waals surface area contributed by atoms with Crippen LogP contribution < -0.4 is 9.47 Å². The molecule has 2 aliphatic rings. The number of nitriles is 2. The molecule has 0 N–H and O–H groups in total. The summed E-state index contributed by atoms with van der Waals surface area (Å²) < 4.78 is 10.8. The fourth-order valence-corrected chi connectivity index (χ4v) is 3.31. The van der Waals surface area contributed by atoms with Crippen molar-refractivity contribution in [3.8, 4) is 23.6 Å². The van der Waals surface area contributed by atoms with Gasteiger partial charge in [-0.25, -0.2) is 0 Å². The van der Waals surface area contributed by atoms with Gasteiger partial charge in [-0.15, -0.1) is 11.6 Å². The Morgan fingerprint density at radius 1 is 0.964 bits per heavy atom. The summed E-state index contributed by atoms with van der Waals surface area (Å²) in [6, 6.07) is 14.5. The van der Waals surface area contributed by atoms with Crippen LogP contribution in [-0.4, -0.2) is 13.2 Å². The SMILES string of the molecule is N#Cc1ccc2c(c1)OCCC2Cl.N#Cc1ccc2c(c1)OCCC2N=[N+]=[N-]. The van der Waals surface area contributed by atoms with E-state index in [-0.39, 0.29) is 11.4 Å². The molecule has 4 rings (SSSR count). The molecule has 0 amide bonds.